The van der Waals surface area contributed by atoms with E-state index in [1.54, 1.807) is 25.1 Å². The van der Waals surface area contributed by atoms with Gasteiger partial charge in [0.25, 0.3) is 0 Å². The normalized spacial score (nSPS) is 11.5. The molecule has 6 heteroatoms. The Balaban J connectivity index is 1.82. The van der Waals surface area contributed by atoms with Crippen LogP contribution in [-0.4, -0.2) is 18.3 Å². The maximum absolute atomic E-state index is 11.6. The Kier molecular flexibility index (Phi) is 6.85. The number of hydrogen-bond acceptors (Lipinski definition) is 4. The van der Waals surface area contributed by atoms with Crippen molar-refractivity contribution in [3.05, 3.63) is 70.2 Å². The molecule has 0 spiro atoms. The van der Waals surface area contributed by atoms with E-state index in [4.69, 9.17) is 32.8 Å². The lowest BCUT2D eigenvalue weighted by molar-refractivity contribution is -0.146. The first-order valence-electron chi connectivity index (χ1n) is 7.10. The first-order chi connectivity index (χ1) is 11.5. The average Bonchev–Trinajstić information content (AvgIpc) is 2.58. The molecule has 24 heavy (non-hydrogen) atoms. The van der Waals surface area contributed by atoms with Crippen LogP contribution in [0.5, 0.6) is 5.75 Å². The van der Waals surface area contributed by atoms with E-state index >= 15 is 0 Å². The van der Waals surface area contributed by atoms with Crippen LogP contribution in [0.1, 0.15) is 12.5 Å². The van der Waals surface area contributed by atoms with Crippen LogP contribution in [0.3, 0.4) is 0 Å². The third kappa shape index (κ3) is 6.07. The van der Waals surface area contributed by atoms with Gasteiger partial charge in [0.1, 0.15) is 5.75 Å². The Morgan fingerprint density at radius 1 is 1.17 bits per heavy atom. The Morgan fingerprint density at radius 3 is 2.62 bits per heavy atom. The second-order valence-electron chi connectivity index (χ2n) is 4.80. The molecule has 0 heterocycles. The SMILES string of the molecule is CC(C=Cc1ccccc1)=NOC(=O)COc1ccc(Cl)cc1Cl. The van der Waals surface area contributed by atoms with Gasteiger partial charge in [-0.3, -0.25) is 0 Å². The quantitative estimate of drug-likeness (QED) is 0.412. The summed E-state index contributed by atoms with van der Waals surface area (Å²) in [7, 11) is 0. The van der Waals surface area contributed by atoms with Crippen molar-refractivity contribution in [2.24, 2.45) is 5.16 Å². The van der Waals surface area contributed by atoms with Crippen LogP contribution in [-0.2, 0) is 9.63 Å². The molecule has 0 aliphatic heterocycles. The van der Waals surface area contributed by atoms with Gasteiger partial charge in [-0.2, -0.15) is 0 Å². The molecule has 0 saturated carbocycles. The zero-order valence-corrected chi connectivity index (χ0v) is 14.4. The summed E-state index contributed by atoms with van der Waals surface area (Å²) in [5.41, 5.74) is 1.58. The number of nitrogens with zero attached hydrogens (tertiary/aromatic N) is 1. The molecule has 0 N–H and O–H groups in total. The predicted molar refractivity (Wildman–Crippen MR) is 96.6 cm³/mol. The minimum absolute atomic E-state index is 0.305. The van der Waals surface area contributed by atoms with Crippen molar-refractivity contribution in [2.75, 3.05) is 6.61 Å². The summed E-state index contributed by atoms with van der Waals surface area (Å²) in [4.78, 5) is 16.4. The monoisotopic (exact) mass is 363 g/mol. The third-order valence-corrected chi connectivity index (χ3v) is 3.38. The smallest absolute Gasteiger partial charge is 0.372 e. The van der Waals surface area contributed by atoms with Gasteiger partial charge in [-0.15, -0.1) is 0 Å². The largest absolute Gasteiger partial charge is 0.480 e. The summed E-state index contributed by atoms with van der Waals surface area (Å²) in [6.07, 6.45) is 3.62. The molecule has 0 aliphatic carbocycles. The van der Waals surface area contributed by atoms with E-state index in [-0.39, 0.29) is 6.61 Å². The minimum atomic E-state index is -0.631. The van der Waals surface area contributed by atoms with Crippen LogP contribution in [0.25, 0.3) is 6.08 Å². The molecule has 2 rings (SSSR count). The second-order valence-corrected chi connectivity index (χ2v) is 5.65. The van der Waals surface area contributed by atoms with E-state index in [1.165, 1.54) is 6.07 Å². The highest BCUT2D eigenvalue weighted by Crippen LogP contribution is 2.27. The Hall–Kier alpha value is -2.30. The van der Waals surface area contributed by atoms with E-state index in [2.05, 4.69) is 5.16 Å². The highest BCUT2D eigenvalue weighted by atomic mass is 35.5. The summed E-state index contributed by atoms with van der Waals surface area (Å²) in [5, 5.41) is 4.54. The van der Waals surface area contributed by atoms with Crippen LogP contribution in [0.15, 0.2) is 59.8 Å². The van der Waals surface area contributed by atoms with Crippen LogP contribution in [0.2, 0.25) is 10.0 Å². The van der Waals surface area contributed by atoms with Gasteiger partial charge < -0.3 is 9.57 Å². The van der Waals surface area contributed by atoms with Gasteiger partial charge in [-0.25, -0.2) is 4.79 Å². The van der Waals surface area contributed by atoms with Crippen LogP contribution in [0, 0.1) is 0 Å². The maximum Gasteiger partial charge on any atom is 0.372 e. The molecule has 0 bridgehead atoms. The molecule has 4 nitrogen and oxygen atoms in total. The summed E-state index contributed by atoms with van der Waals surface area (Å²) in [6, 6.07) is 14.4. The minimum Gasteiger partial charge on any atom is -0.480 e. The van der Waals surface area contributed by atoms with Crippen molar-refractivity contribution in [1.29, 1.82) is 0 Å². The number of allylic oxidation sites excluding steroid dienone is 1. The summed E-state index contributed by atoms with van der Waals surface area (Å²) < 4.78 is 5.26. The molecule has 0 aromatic heterocycles. The summed E-state index contributed by atoms with van der Waals surface area (Å²) in [5.74, 6) is -0.281. The van der Waals surface area contributed by atoms with E-state index in [1.807, 2.05) is 36.4 Å². The predicted octanol–water partition coefficient (Wildman–Crippen LogP) is 5.00. The number of rotatable bonds is 6. The highest BCUT2D eigenvalue weighted by molar-refractivity contribution is 6.35. The van der Waals surface area contributed by atoms with E-state index in [0.29, 0.717) is 21.5 Å². The molecular weight excluding hydrogens is 349 g/mol. The zero-order chi connectivity index (χ0) is 17.4. The number of halogens is 2. The van der Waals surface area contributed by atoms with Crippen molar-refractivity contribution in [2.45, 2.75) is 6.92 Å². The van der Waals surface area contributed by atoms with E-state index in [0.717, 1.165) is 5.56 Å². The van der Waals surface area contributed by atoms with Crippen molar-refractivity contribution in [3.8, 4) is 5.75 Å². The molecule has 0 amide bonds. The number of carbonyl (C=O) groups excluding carboxylic acids is 1. The third-order valence-electron chi connectivity index (χ3n) is 2.85. The second kappa shape index (κ2) is 9.11. The van der Waals surface area contributed by atoms with Crippen LogP contribution in [0.4, 0.5) is 0 Å². The zero-order valence-electron chi connectivity index (χ0n) is 12.9. The lowest BCUT2D eigenvalue weighted by Gasteiger charge is -2.06. The summed E-state index contributed by atoms with van der Waals surface area (Å²) in [6.45, 7) is 1.42. The summed E-state index contributed by atoms with van der Waals surface area (Å²) >= 11 is 11.7. The van der Waals surface area contributed by atoms with E-state index < -0.39 is 5.97 Å². The van der Waals surface area contributed by atoms with E-state index in [9.17, 15) is 4.79 Å². The Morgan fingerprint density at radius 2 is 1.92 bits per heavy atom. The first-order valence-corrected chi connectivity index (χ1v) is 7.85. The maximum atomic E-state index is 11.6. The molecule has 0 radical (unpaired) electrons. The highest BCUT2D eigenvalue weighted by Gasteiger charge is 2.07. The van der Waals surface area contributed by atoms with Crippen molar-refractivity contribution in [1.82, 2.24) is 0 Å². The number of hydrogen-bond donors (Lipinski definition) is 0. The molecule has 0 unspecified atom stereocenters. The molecule has 124 valence electrons. The molecular formula is C18H15Cl2NO3. The van der Waals surface area contributed by atoms with Gasteiger partial charge in [-0.1, -0.05) is 64.8 Å². The fraction of sp³-hybridized carbons (Fsp3) is 0.111. The lowest BCUT2D eigenvalue weighted by Crippen LogP contribution is -2.13. The Bertz CT molecular complexity index is 758. The van der Waals surface area contributed by atoms with Gasteiger partial charge in [0.2, 0.25) is 0 Å². The molecule has 2 aromatic rings. The molecule has 0 aliphatic rings. The van der Waals surface area contributed by atoms with Crippen LogP contribution >= 0.6 is 23.2 Å². The van der Waals surface area contributed by atoms with Gasteiger partial charge in [0.15, 0.2) is 6.61 Å². The number of carbonyl (C=O) groups is 1. The topological polar surface area (TPSA) is 47.9 Å². The van der Waals surface area contributed by atoms with Crippen molar-refractivity contribution >= 4 is 41.0 Å². The average molecular weight is 364 g/mol. The van der Waals surface area contributed by atoms with Gasteiger partial charge in [-0.05, 0) is 36.8 Å². The van der Waals surface area contributed by atoms with Crippen molar-refractivity contribution < 1.29 is 14.4 Å². The molecule has 0 saturated heterocycles. The number of benzene rings is 2. The van der Waals surface area contributed by atoms with Gasteiger partial charge >= 0.3 is 5.97 Å². The first kappa shape index (κ1) is 18.0. The Labute approximate surface area is 150 Å². The number of oxime groups is 1. The standard InChI is InChI=1S/C18H15Cl2NO3/c1-13(7-8-14-5-3-2-4-6-14)21-24-18(22)12-23-17-10-9-15(19)11-16(17)20/h2-11H,12H2,1H3. The fourth-order valence-corrected chi connectivity index (χ4v) is 2.15. The molecule has 2 aromatic carbocycles. The molecule has 0 fully saturated rings. The van der Waals surface area contributed by atoms with Gasteiger partial charge in [0.05, 0.1) is 10.7 Å². The van der Waals surface area contributed by atoms with Crippen LogP contribution < -0.4 is 4.74 Å². The van der Waals surface area contributed by atoms with Crippen molar-refractivity contribution in [3.63, 3.8) is 0 Å². The molecule has 0 atom stereocenters. The number of ether oxygens (including phenoxy) is 1. The lowest BCUT2D eigenvalue weighted by atomic mass is 10.2. The van der Waals surface area contributed by atoms with Gasteiger partial charge in [0, 0.05) is 5.02 Å². The fourth-order valence-electron chi connectivity index (χ4n) is 1.69.